The van der Waals surface area contributed by atoms with Gasteiger partial charge in [0.05, 0.1) is 11.2 Å². The van der Waals surface area contributed by atoms with Gasteiger partial charge in [0.25, 0.3) is 0 Å². The number of hydrogen-bond donors (Lipinski definition) is 1. The van der Waals surface area contributed by atoms with E-state index in [1.807, 2.05) is 61.5 Å². The van der Waals surface area contributed by atoms with Gasteiger partial charge in [-0.05, 0) is 55.9 Å². The number of amides is 1. The summed E-state index contributed by atoms with van der Waals surface area (Å²) in [4.78, 5) is 11.7. The van der Waals surface area contributed by atoms with Gasteiger partial charge in [0.2, 0.25) is 0 Å². The quantitative estimate of drug-likeness (QED) is 0.745. The van der Waals surface area contributed by atoms with Gasteiger partial charge in [0, 0.05) is 10.9 Å². The van der Waals surface area contributed by atoms with Crippen molar-refractivity contribution in [3.63, 3.8) is 0 Å². The number of carbonyl (C=O) groups excluding carboxylic acids is 1. The molecule has 3 rings (SSSR count). The first-order chi connectivity index (χ1) is 13.7. The Bertz CT molecular complexity index is 995. The second-order valence-electron chi connectivity index (χ2n) is 9.88. The molecule has 0 aliphatic carbocycles. The fourth-order valence-corrected chi connectivity index (χ4v) is 4.01. The van der Waals surface area contributed by atoms with Crippen LogP contribution in [0.3, 0.4) is 0 Å². The van der Waals surface area contributed by atoms with E-state index in [1.54, 1.807) is 12.1 Å². The number of primary amides is 1. The second-order valence-corrected chi connectivity index (χ2v) is 9.88. The van der Waals surface area contributed by atoms with E-state index in [1.165, 1.54) is 0 Å². The molecule has 0 spiro atoms. The minimum absolute atomic E-state index is 0.166. The summed E-state index contributed by atoms with van der Waals surface area (Å²) in [7, 11) is -0.754. The highest BCUT2D eigenvalue weighted by molar-refractivity contribution is 6.66. The van der Waals surface area contributed by atoms with Crippen LogP contribution in [0.5, 0.6) is 5.75 Å². The van der Waals surface area contributed by atoms with Crippen LogP contribution in [-0.2, 0) is 21.1 Å². The molecule has 1 amide bonds. The fraction of sp³-hybridized carbons (Fsp3) is 0.522. The van der Waals surface area contributed by atoms with E-state index in [4.69, 9.17) is 19.8 Å². The van der Waals surface area contributed by atoms with Crippen molar-refractivity contribution in [2.45, 2.75) is 78.4 Å². The molecule has 1 heterocycles. The van der Waals surface area contributed by atoms with Crippen molar-refractivity contribution in [2.75, 3.05) is 0 Å². The Balaban J connectivity index is 2.49. The van der Waals surface area contributed by atoms with Crippen LogP contribution in [0.25, 0.3) is 10.8 Å². The fourth-order valence-electron chi connectivity index (χ4n) is 4.01. The first-order valence-electron chi connectivity index (χ1n) is 10.3. The van der Waals surface area contributed by atoms with Crippen molar-refractivity contribution in [2.24, 2.45) is 5.73 Å². The summed E-state index contributed by atoms with van der Waals surface area (Å²) >= 11 is 0. The number of aryl methyl sites for hydroxylation is 1. The zero-order valence-electron chi connectivity index (χ0n) is 19.1. The van der Waals surface area contributed by atoms with Crippen molar-refractivity contribution in [1.82, 2.24) is 0 Å². The predicted molar refractivity (Wildman–Crippen MR) is 118 cm³/mol. The lowest BCUT2D eigenvalue weighted by molar-refractivity contribution is 0.00578. The average Bonchev–Trinajstić information content (AvgIpc) is 2.82. The maximum absolute atomic E-state index is 15.7. The van der Waals surface area contributed by atoms with Gasteiger partial charge in [0.15, 0.2) is 11.6 Å². The lowest BCUT2D eigenvalue weighted by Gasteiger charge is -2.32. The number of carbonyl (C=O) groups is 1. The van der Waals surface area contributed by atoms with Crippen molar-refractivity contribution in [3.8, 4) is 5.75 Å². The number of hydrogen-bond acceptors (Lipinski definition) is 4. The Morgan fingerprint density at radius 1 is 1.17 bits per heavy atom. The van der Waals surface area contributed by atoms with Gasteiger partial charge in [-0.15, -0.1) is 0 Å². The van der Waals surface area contributed by atoms with Gasteiger partial charge in [-0.2, -0.15) is 0 Å². The van der Waals surface area contributed by atoms with Gasteiger partial charge < -0.3 is 19.8 Å². The first-order valence-corrected chi connectivity index (χ1v) is 10.3. The lowest BCUT2D eigenvalue weighted by atomic mass is 9.66. The number of rotatable bonds is 3. The van der Waals surface area contributed by atoms with Gasteiger partial charge in [-0.1, -0.05) is 45.9 Å². The number of fused-ring (bicyclic) bond motifs is 1. The normalized spacial score (nSPS) is 18.1. The molecule has 2 aromatic rings. The maximum atomic E-state index is 15.7. The zero-order chi connectivity index (χ0) is 22.6. The molecule has 0 aromatic heterocycles. The van der Waals surface area contributed by atoms with Crippen molar-refractivity contribution < 1.29 is 23.2 Å². The Kier molecular flexibility index (Phi) is 5.45. The van der Waals surface area contributed by atoms with Gasteiger partial charge in [0.1, 0.15) is 0 Å². The molecule has 1 fully saturated rings. The summed E-state index contributed by atoms with van der Waals surface area (Å²) < 4.78 is 33.7. The van der Waals surface area contributed by atoms with Crippen LogP contribution in [0.4, 0.5) is 9.18 Å². The molecule has 0 unspecified atom stereocenters. The molecule has 7 heteroatoms. The molecule has 2 aromatic carbocycles. The third kappa shape index (κ3) is 3.58. The van der Waals surface area contributed by atoms with Gasteiger partial charge in [-0.3, -0.25) is 0 Å². The summed E-state index contributed by atoms with van der Waals surface area (Å²) in [6.07, 6.45) is -0.367. The Morgan fingerprint density at radius 2 is 1.73 bits per heavy atom. The average molecular weight is 415 g/mol. The number of benzene rings is 2. The number of halogens is 1. The summed E-state index contributed by atoms with van der Waals surface area (Å²) in [6.45, 7) is 15.7. The molecule has 2 N–H and O–H groups in total. The smallest absolute Gasteiger partial charge is 0.407 e. The van der Waals surface area contributed by atoms with Crippen LogP contribution in [0.2, 0.25) is 0 Å². The Morgan fingerprint density at radius 3 is 2.20 bits per heavy atom. The van der Waals surface area contributed by atoms with Crippen molar-refractivity contribution in [3.05, 3.63) is 35.1 Å². The summed E-state index contributed by atoms with van der Waals surface area (Å²) in [5.41, 5.74) is 5.72. The molecule has 0 radical (unpaired) electrons. The molecular formula is C23H31BFNO4. The number of nitrogens with two attached hydrogens (primary N) is 1. The van der Waals surface area contributed by atoms with Crippen LogP contribution in [0, 0.1) is 5.82 Å². The molecule has 30 heavy (non-hydrogen) atoms. The Hall–Kier alpha value is -2.12. The van der Waals surface area contributed by atoms with E-state index in [9.17, 15) is 4.79 Å². The SMILES string of the molecule is CCc1cccc2c(F)c(OC(N)=O)c(C(C)(C)C)c(B3OC(C)(C)C(C)(C)O3)c12. The minimum atomic E-state index is -1.06. The molecule has 162 valence electrons. The number of ether oxygens (including phenoxy) is 1. The van der Waals surface area contributed by atoms with E-state index >= 15 is 4.39 Å². The molecule has 1 saturated heterocycles. The standard InChI is InChI=1S/C23H31BFNO4/c1-9-13-11-10-12-14-15(13)17(24-29-22(5,6)23(7,8)30-24)16(21(2,3)4)19(18(14)25)28-20(26)27/h10-12H,9H2,1-8H3,(H2,26,27). The van der Waals surface area contributed by atoms with E-state index in [-0.39, 0.29) is 5.75 Å². The molecule has 1 aliphatic rings. The van der Waals surface area contributed by atoms with Gasteiger partial charge in [-0.25, -0.2) is 9.18 Å². The van der Waals surface area contributed by atoms with E-state index in [2.05, 4.69) is 0 Å². The van der Waals surface area contributed by atoms with Crippen LogP contribution < -0.4 is 15.9 Å². The molecule has 0 saturated carbocycles. The largest absolute Gasteiger partial charge is 0.495 e. The monoisotopic (exact) mass is 415 g/mol. The van der Waals surface area contributed by atoms with Crippen molar-refractivity contribution >= 4 is 29.4 Å². The predicted octanol–water partition coefficient (Wildman–Crippen LogP) is 4.60. The topological polar surface area (TPSA) is 70.8 Å². The van der Waals surface area contributed by atoms with Crippen LogP contribution in [-0.4, -0.2) is 24.4 Å². The lowest BCUT2D eigenvalue weighted by Crippen LogP contribution is -2.42. The summed E-state index contributed by atoms with van der Waals surface area (Å²) in [5.74, 6) is -0.773. The maximum Gasteiger partial charge on any atom is 0.495 e. The molecule has 5 nitrogen and oxygen atoms in total. The molecule has 1 aliphatic heterocycles. The van der Waals surface area contributed by atoms with E-state index in [0.717, 1.165) is 10.9 Å². The van der Waals surface area contributed by atoms with Crippen LogP contribution in [0.15, 0.2) is 18.2 Å². The second kappa shape index (κ2) is 7.24. The van der Waals surface area contributed by atoms with Crippen molar-refractivity contribution in [1.29, 1.82) is 0 Å². The third-order valence-electron chi connectivity index (χ3n) is 6.17. The Labute approximate surface area is 178 Å². The van der Waals surface area contributed by atoms with Gasteiger partial charge >= 0.3 is 13.2 Å². The summed E-state index contributed by atoms with van der Waals surface area (Å²) in [5, 5.41) is 1.08. The highest BCUT2D eigenvalue weighted by atomic mass is 19.1. The molecule has 0 atom stereocenters. The minimum Gasteiger partial charge on any atom is -0.407 e. The first kappa shape index (κ1) is 22.6. The van der Waals surface area contributed by atoms with Crippen LogP contribution in [0.1, 0.15) is 66.5 Å². The highest BCUT2D eigenvalue weighted by Crippen LogP contribution is 2.42. The van der Waals surface area contributed by atoms with Crippen LogP contribution >= 0.6 is 0 Å². The van der Waals surface area contributed by atoms with E-state index < -0.39 is 35.6 Å². The summed E-state index contributed by atoms with van der Waals surface area (Å²) in [6, 6.07) is 5.44. The molecular weight excluding hydrogens is 384 g/mol. The zero-order valence-corrected chi connectivity index (χ0v) is 19.1. The third-order valence-corrected chi connectivity index (χ3v) is 6.17. The molecule has 0 bridgehead atoms. The highest BCUT2D eigenvalue weighted by Gasteiger charge is 2.54. The van der Waals surface area contributed by atoms with E-state index in [0.29, 0.717) is 22.8 Å².